The minimum Gasteiger partial charge on any atom is -0.478 e. The van der Waals surface area contributed by atoms with Crippen LogP contribution in [-0.4, -0.2) is 16.9 Å². The summed E-state index contributed by atoms with van der Waals surface area (Å²) in [5.41, 5.74) is 6.75. The Kier molecular flexibility index (Phi) is 4.16. The molecule has 0 saturated carbocycles. The van der Waals surface area contributed by atoms with Gasteiger partial charge in [0.05, 0.1) is 15.9 Å². The van der Waals surface area contributed by atoms with E-state index < -0.39 is 11.4 Å². The fourth-order valence-corrected chi connectivity index (χ4v) is 4.66. The van der Waals surface area contributed by atoms with E-state index in [4.69, 9.17) is 12.2 Å². The lowest BCUT2D eigenvalue weighted by Gasteiger charge is -2.36. The third-order valence-corrected chi connectivity index (χ3v) is 5.77. The first-order valence-corrected chi connectivity index (χ1v) is 8.51. The van der Waals surface area contributed by atoms with Crippen LogP contribution in [0.2, 0.25) is 0 Å². The number of nitrogens with two attached hydrogens (primary N) is 1. The quantitative estimate of drug-likeness (QED) is 0.835. The number of carboxylic acids is 1. The molecule has 1 aromatic carbocycles. The van der Waals surface area contributed by atoms with Gasteiger partial charge < -0.3 is 10.8 Å². The van der Waals surface area contributed by atoms with Crippen LogP contribution >= 0.6 is 11.3 Å². The van der Waals surface area contributed by atoms with Crippen molar-refractivity contribution in [2.45, 2.75) is 31.1 Å². The number of carbonyl (C=O) groups excluding carboxylic acids is 1. The zero-order valence-corrected chi connectivity index (χ0v) is 13.9. The zero-order valence-electron chi connectivity index (χ0n) is 13.0. The van der Waals surface area contributed by atoms with Gasteiger partial charge in [-0.15, -0.1) is 23.7 Å². The first kappa shape index (κ1) is 16.3. The van der Waals surface area contributed by atoms with Gasteiger partial charge in [0.25, 0.3) is 0 Å². The minimum atomic E-state index is -1.08. The lowest BCUT2D eigenvalue weighted by Crippen LogP contribution is -2.39. The van der Waals surface area contributed by atoms with Crippen molar-refractivity contribution >= 4 is 28.1 Å². The predicted molar refractivity (Wildman–Crippen MR) is 94.5 cm³/mol. The van der Waals surface area contributed by atoms with E-state index in [1.54, 1.807) is 0 Å². The Morgan fingerprint density at radius 3 is 2.71 bits per heavy atom. The van der Waals surface area contributed by atoms with E-state index in [9.17, 15) is 14.7 Å². The normalized spacial score (nSPS) is 19.5. The number of carbonyl (C=O) groups is 2. The molecule has 0 aliphatic heterocycles. The van der Waals surface area contributed by atoms with E-state index in [2.05, 4.69) is 5.92 Å². The summed E-state index contributed by atoms with van der Waals surface area (Å²) in [6.45, 7) is 0. The van der Waals surface area contributed by atoms with Crippen LogP contribution in [0.25, 0.3) is 0 Å². The molecule has 1 aromatic heterocycles. The zero-order chi connectivity index (χ0) is 17.3. The molecule has 0 saturated heterocycles. The van der Waals surface area contributed by atoms with Crippen molar-refractivity contribution in [2.24, 2.45) is 0 Å². The highest BCUT2D eigenvalue weighted by Gasteiger charge is 2.46. The molecule has 0 radical (unpaired) electrons. The van der Waals surface area contributed by atoms with E-state index in [0.29, 0.717) is 36.1 Å². The van der Waals surface area contributed by atoms with Crippen molar-refractivity contribution in [2.75, 3.05) is 5.73 Å². The van der Waals surface area contributed by atoms with Gasteiger partial charge in [0.2, 0.25) is 0 Å². The number of anilines is 1. The molecule has 0 bridgehead atoms. The van der Waals surface area contributed by atoms with Crippen LogP contribution in [0.4, 0.5) is 5.00 Å². The number of ketones is 1. The summed E-state index contributed by atoms with van der Waals surface area (Å²) in [6.07, 6.45) is 7.52. The van der Waals surface area contributed by atoms with Gasteiger partial charge in [0.15, 0.2) is 5.78 Å². The van der Waals surface area contributed by atoms with Crippen molar-refractivity contribution in [3.8, 4) is 12.3 Å². The number of carboxylic acid groups (broad SMARTS) is 1. The fraction of sp³-hybridized carbons (Fsp3) is 0.263. The third kappa shape index (κ3) is 2.40. The van der Waals surface area contributed by atoms with Gasteiger partial charge in [-0.2, -0.15) is 0 Å². The average Bonchev–Trinajstić information content (AvgIpc) is 2.92. The average molecular weight is 339 g/mol. The van der Waals surface area contributed by atoms with Gasteiger partial charge in [0.1, 0.15) is 5.00 Å². The number of rotatable bonds is 4. The molecule has 1 atom stereocenters. The Labute approximate surface area is 144 Å². The predicted octanol–water partition coefficient (Wildman–Crippen LogP) is 3.51. The molecular weight excluding hydrogens is 322 g/mol. The highest BCUT2D eigenvalue weighted by atomic mass is 32.1. The third-order valence-electron chi connectivity index (χ3n) is 4.71. The Bertz CT molecular complexity index is 847. The molecule has 3 N–H and O–H groups in total. The molecule has 4 nitrogen and oxygen atoms in total. The first-order chi connectivity index (χ1) is 11.5. The monoisotopic (exact) mass is 339 g/mol. The molecule has 3 rings (SSSR count). The van der Waals surface area contributed by atoms with Crippen LogP contribution in [-0.2, 0) is 11.8 Å². The summed E-state index contributed by atoms with van der Waals surface area (Å²) < 4.78 is 0. The van der Waals surface area contributed by atoms with Gasteiger partial charge in [-0.3, -0.25) is 4.79 Å². The topological polar surface area (TPSA) is 80.4 Å². The molecule has 0 amide bonds. The maximum atomic E-state index is 13.3. The number of benzene rings is 1. The van der Waals surface area contributed by atoms with Crippen LogP contribution in [0, 0.1) is 12.3 Å². The summed E-state index contributed by atoms with van der Waals surface area (Å²) in [5.74, 6) is 1.49. The molecule has 0 spiro atoms. The summed E-state index contributed by atoms with van der Waals surface area (Å²) in [5, 5.41) is 9.57. The fourth-order valence-electron chi connectivity index (χ4n) is 3.51. The van der Waals surface area contributed by atoms with Crippen LogP contribution in [0.15, 0.2) is 30.3 Å². The molecule has 5 heteroatoms. The van der Waals surface area contributed by atoms with Gasteiger partial charge in [-0.1, -0.05) is 30.3 Å². The lowest BCUT2D eigenvalue weighted by molar-refractivity contribution is 0.0697. The van der Waals surface area contributed by atoms with Crippen molar-refractivity contribution in [1.29, 1.82) is 0 Å². The summed E-state index contributed by atoms with van der Waals surface area (Å²) in [7, 11) is 0. The van der Waals surface area contributed by atoms with E-state index in [-0.39, 0.29) is 16.3 Å². The molecule has 24 heavy (non-hydrogen) atoms. The lowest BCUT2D eigenvalue weighted by atomic mass is 9.66. The van der Waals surface area contributed by atoms with E-state index in [1.165, 1.54) is 0 Å². The second-order valence-electron chi connectivity index (χ2n) is 5.94. The highest BCUT2D eigenvalue weighted by Crippen LogP contribution is 2.46. The summed E-state index contributed by atoms with van der Waals surface area (Å²) in [4.78, 5) is 25.2. The van der Waals surface area contributed by atoms with Gasteiger partial charge in [-0.25, -0.2) is 4.79 Å². The van der Waals surface area contributed by atoms with Gasteiger partial charge in [0, 0.05) is 6.42 Å². The van der Waals surface area contributed by atoms with Crippen molar-refractivity contribution in [3.63, 3.8) is 0 Å². The molecule has 1 aliphatic rings. The first-order valence-electron chi connectivity index (χ1n) is 7.69. The van der Waals surface area contributed by atoms with Crippen LogP contribution in [0.1, 0.15) is 50.4 Å². The van der Waals surface area contributed by atoms with E-state index >= 15 is 0 Å². The second-order valence-corrected chi connectivity index (χ2v) is 6.99. The van der Waals surface area contributed by atoms with Crippen LogP contribution < -0.4 is 5.73 Å². The number of Topliss-reactive ketones (excluding diaryl/α,β-unsaturated/α-hetero) is 1. The maximum absolute atomic E-state index is 13.3. The van der Waals surface area contributed by atoms with Crippen LogP contribution in [0.5, 0.6) is 0 Å². The highest BCUT2D eigenvalue weighted by molar-refractivity contribution is 7.18. The Morgan fingerprint density at radius 2 is 2.08 bits per heavy atom. The standard InChI is InChI=1S/C19H17NO3S/c1-2-3-10-19(12-7-5-4-6-8-12)11-9-13-14(18(22)23)17(20)24-15(13)16(19)21/h1,4-8H,3,9-11,20H2,(H,22,23). The Morgan fingerprint density at radius 1 is 1.38 bits per heavy atom. The number of nitrogen functional groups attached to an aromatic ring is 1. The molecular formula is C19H17NO3S. The van der Waals surface area contributed by atoms with Crippen LogP contribution in [0.3, 0.4) is 0 Å². The molecule has 0 fully saturated rings. The SMILES string of the molecule is C#CCCC1(c2ccccc2)CCc2c(sc(N)c2C(=O)O)C1=O. The second kappa shape index (κ2) is 6.14. The van der Waals surface area contributed by atoms with E-state index in [1.807, 2.05) is 30.3 Å². The maximum Gasteiger partial charge on any atom is 0.338 e. The Hall–Kier alpha value is -2.58. The van der Waals surface area contributed by atoms with Gasteiger partial charge >= 0.3 is 5.97 Å². The number of fused-ring (bicyclic) bond motifs is 1. The van der Waals surface area contributed by atoms with Crippen molar-refractivity contribution in [3.05, 3.63) is 51.9 Å². The van der Waals surface area contributed by atoms with Crippen molar-refractivity contribution < 1.29 is 14.7 Å². The number of aromatic carboxylic acids is 1. The smallest absolute Gasteiger partial charge is 0.338 e. The molecule has 122 valence electrons. The molecule has 1 heterocycles. The van der Waals surface area contributed by atoms with Crippen molar-refractivity contribution in [1.82, 2.24) is 0 Å². The number of terminal acetylenes is 1. The molecule has 2 aromatic rings. The summed E-state index contributed by atoms with van der Waals surface area (Å²) in [6, 6.07) is 9.59. The minimum absolute atomic E-state index is 0.0607. The number of thiophene rings is 1. The number of hydrogen-bond acceptors (Lipinski definition) is 4. The van der Waals surface area contributed by atoms with E-state index in [0.717, 1.165) is 16.9 Å². The largest absolute Gasteiger partial charge is 0.478 e. The Balaban J connectivity index is 2.14. The number of hydrogen-bond donors (Lipinski definition) is 2. The molecule has 1 aliphatic carbocycles. The van der Waals surface area contributed by atoms with Gasteiger partial charge in [-0.05, 0) is 30.4 Å². The summed E-state index contributed by atoms with van der Waals surface area (Å²) >= 11 is 1.08. The molecule has 1 unspecified atom stereocenters.